The van der Waals surface area contributed by atoms with Crippen LogP contribution in [0.2, 0.25) is 5.02 Å². The minimum Gasteiger partial charge on any atom is -0.481 e. The van der Waals surface area contributed by atoms with Crippen molar-refractivity contribution >= 4 is 51.9 Å². The Morgan fingerprint density at radius 3 is 2.95 bits per heavy atom. The lowest BCUT2D eigenvalue weighted by Gasteiger charge is -2.34. The summed E-state index contributed by atoms with van der Waals surface area (Å²) < 4.78 is 6.20. The summed E-state index contributed by atoms with van der Waals surface area (Å²) in [7, 11) is 0. The number of carboxylic acid groups (broad SMARTS) is 1. The fourth-order valence-electron chi connectivity index (χ4n) is 2.07. The van der Waals surface area contributed by atoms with E-state index in [0.717, 1.165) is 3.57 Å². The smallest absolute Gasteiger partial charge is 0.322 e. The van der Waals surface area contributed by atoms with Crippen LogP contribution in [-0.4, -0.2) is 47.8 Å². The minimum atomic E-state index is -0.962. The third kappa shape index (κ3) is 4.45. The highest BCUT2D eigenvalue weighted by atomic mass is 127. The molecule has 1 aliphatic heterocycles. The number of nitrogens with zero attached hydrogens (tertiary/aromatic N) is 1. The number of carbonyl (C=O) groups excluding carboxylic acids is 1. The summed E-state index contributed by atoms with van der Waals surface area (Å²) in [6.45, 7) is 0.968. The zero-order valence-corrected chi connectivity index (χ0v) is 13.9. The molecule has 1 saturated heterocycles. The molecule has 8 heteroatoms. The van der Waals surface area contributed by atoms with Crippen LogP contribution >= 0.6 is 34.2 Å². The van der Waals surface area contributed by atoms with Crippen LogP contribution in [0.25, 0.3) is 0 Å². The number of hydrogen-bond acceptors (Lipinski definition) is 3. The topological polar surface area (TPSA) is 78.9 Å². The second-order valence-electron chi connectivity index (χ2n) is 4.57. The van der Waals surface area contributed by atoms with Crippen LogP contribution in [0.15, 0.2) is 18.2 Å². The second-order valence-corrected chi connectivity index (χ2v) is 6.23. The Bertz CT molecular complexity index is 555. The molecule has 21 heavy (non-hydrogen) atoms. The molecular formula is C13H14ClIN2O4. The molecule has 0 spiro atoms. The fraction of sp³-hybridized carbons (Fsp3) is 0.385. The Labute approximate surface area is 140 Å². The van der Waals surface area contributed by atoms with Crippen molar-refractivity contribution in [3.05, 3.63) is 26.8 Å². The van der Waals surface area contributed by atoms with E-state index >= 15 is 0 Å². The van der Waals surface area contributed by atoms with E-state index in [0.29, 0.717) is 23.9 Å². The molecule has 2 rings (SSSR count). The van der Waals surface area contributed by atoms with Gasteiger partial charge in [-0.15, -0.1) is 0 Å². The number of carboxylic acids is 1. The van der Waals surface area contributed by atoms with Crippen LogP contribution in [0.4, 0.5) is 10.5 Å². The predicted octanol–water partition coefficient (Wildman–Crippen LogP) is 2.65. The van der Waals surface area contributed by atoms with E-state index in [4.69, 9.17) is 21.4 Å². The van der Waals surface area contributed by atoms with Crippen molar-refractivity contribution in [1.29, 1.82) is 0 Å². The van der Waals surface area contributed by atoms with Gasteiger partial charge in [0.2, 0.25) is 0 Å². The summed E-state index contributed by atoms with van der Waals surface area (Å²) in [5.41, 5.74) is 0.502. The van der Waals surface area contributed by atoms with E-state index in [-0.39, 0.29) is 19.1 Å². The average Bonchev–Trinajstić information content (AvgIpc) is 2.42. The summed E-state index contributed by atoms with van der Waals surface area (Å²) in [4.78, 5) is 24.6. The highest BCUT2D eigenvalue weighted by Crippen LogP contribution is 2.24. The van der Waals surface area contributed by atoms with Gasteiger partial charge in [0.05, 0.1) is 36.4 Å². The van der Waals surface area contributed by atoms with Gasteiger partial charge in [-0.3, -0.25) is 4.79 Å². The zero-order valence-electron chi connectivity index (χ0n) is 11.0. The fourth-order valence-corrected chi connectivity index (χ4v) is 2.97. The van der Waals surface area contributed by atoms with Crippen LogP contribution in [-0.2, 0) is 9.53 Å². The number of rotatable bonds is 3. The van der Waals surface area contributed by atoms with Crippen LogP contribution in [0, 0.1) is 3.57 Å². The number of benzene rings is 1. The molecule has 1 aromatic carbocycles. The zero-order chi connectivity index (χ0) is 15.4. The summed E-state index contributed by atoms with van der Waals surface area (Å²) in [6.07, 6.45) is -0.145. The molecule has 0 radical (unpaired) electrons. The van der Waals surface area contributed by atoms with Crippen molar-refractivity contribution in [3.63, 3.8) is 0 Å². The van der Waals surface area contributed by atoms with Gasteiger partial charge in [0.15, 0.2) is 0 Å². The first-order valence-corrected chi connectivity index (χ1v) is 7.75. The van der Waals surface area contributed by atoms with Gasteiger partial charge >= 0.3 is 12.0 Å². The average molecular weight is 425 g/mol. The van der Waals surface area contributed by atoms with Gasteiger partial charge in [-0.2, -0.15) is 0 Å². The van der Waals surface area contributed by atoms with Crippen molar-refractivity contribution in [3.8, 4) is 0 Å². The van der Waals surface area contributed by atoms with Gasteiger partial charge in [0, 0.05) is 10.1 Å². The van der Waals surface area contributed by atoms with Crippen LogP contribution in [0.1, 0.15) is 6.42 Å². The third-order valence-corrected chi connectivity index (χ3v) is 4.06. The van der Waals surface area contributed by atoms with E-state index in [9.17, 15) is 9.59 Å². The summed E-state index contributed by atoms with van der Waals surface area (Å²) >= 11 is 8.20. The van der Waals surface area contributed by atoms with Crippen molar-refractivity contribution in [1.82, 2.24) is 4.90 Å². The molecule has 1 aliphatic rings. The van der Waals surface area contributed by atoms with Crippen molar-refractivity contribution in [2.75, 3.05) is 25.1 Å². The number of anilines is 1. The quantitative estimate of drug-likeness (QED) is 0.731. The number of halogens is 2. The van der Waals surface area contributed by atoms with E-state index in [1.54, 1.807) is 12.1 Å². The standard InChI is InChI=1S/C13H14ClIN2O4/c14-10-5-8(15)1-2-11(10)16-13(20)17-3-4-21-7-9(17)6-12(18)19/h1-2,5,9H,3-4,6-7H2,(H,16,20)(H,18,19). The number of urea groups is 1. The summed E-state index contributed by atoms with van der Waals surface area (Å²) in [6, 6.07) is 4.45. The Balaban J connectivity index is 2.08. The van der Waals surface area contributed by atoms with Gasteiger partial charge in [0.25, 0.3) is 0 Å². The van der Waals surface area contributed by atoms with E-state index < -0.39 is 12.0 Å². The van der Waals surface area contributed by atoms with Crippen molar-refractivity contribution in [2.24, 2.45) is 0 Å². The van der Waals surface area contributed by atoms with Gasteiger partial charge in [-0.05, 0) is 40.8 Å². The number of carbonyl (C=O) groups is 2. The Morgan fingerprint density at radius 1 is 1.52 bits per heavy atom. The van der Waals surface area contributed by atoms with E-state index in [1.165, 1.54) is 4.90 Å². The number of hydrogen-bond donors (Lipinski definition) is 2. The predicted molar refractivity (Wildman–Crippen MR) is 86.8 cm³/mol. The van der Waals surface area contributed by atoms with Gasteiger partial charge < -0.3 is 20.1 Å². The SMILES string of the molecule is O=C(O)CC1COCCN1C(=O)Nc1ccc(I)cc1Cl. The first-order chi connectivity index (χ1) is 9.97. The first kappa shape index (κ1) is 16.3. The molecule has 114 valence electrons. The van der Waals surface area contributed by atoms with Gasteiger partial charge in [0.1, 0.15) is 0 Å². The maximum absolute atomic E-state index is 12.3. The molecule has 1 fully saturated rings. The molecule has 1 atom stereocenters. The van der Waals surface area contributed by atoms with Crippen LogP contribution in [0.5, 0.6) is 0 Å². The molecule has 0 aliphatic carbocycles. The molecule has 1 heterocycles. The maximum Gasteiger partial charge on any atom is 0.322 e. The monoisotopic (exact) mass is 424 g/mol. The molecule has 0 aromatic heterocycles. The molecule has 2 amide bonds. The lowest BCUT2D eigenvalue weighted by atomic mass is 10.1. The first-order valence-electron chi connectivity index (χ1n) is 6.29. The third-order valence-electron chi connectivity index (χ3n) is 3.07. The number of aliphatic carboxylic acids is 1. The molecule has 0 bridgehead atoms. The van der Waals surface area contributed by atoms with Crippen molar-refractivity contribution in [2.45, 2.75) is 12.5 Å². The number of morpholine rings is 1. The van der Waals surface area contributed by atoms with Crippen molar-refractivity contribution < 1.29 is 19.4 Å². The number of ether oxygens (including phenoxy) is 1. The van der Waals surface area contributed by atoms with E-state index in [2.05, 4.69) is 27.9 Å². The highest BCUT2D eigenvalue weighted by molar-refractivity contribution is 14.1. The molecule has 1 aromatic rings. The number of nitrogens with one attached hydrogen (secondary N) is 1. The molecule has 1 unspecified atom stereocenters. The van der Waals surface area contributed by atoms with Crippen LogP contribution in [0.3, 0.4) is 0 Å². The minimum absolute atomic E-state index is 0.145. The molecule has 6 nitrogen and oxygen atoms in total. The lowest BCUT2D eigenvalue weighted by molar-refractivity contribution is -0.139. The summed E-state index contributed by atoms with van der Waals surface area (Å²) in [5.74, 6) is -0.962. The molecule has 0 saturated carbocycles. The summed E-state index contributed by atoms with van der Waals surface area (Å²) in [5, 5.41) is 12.1. The normalized spacial score (nSPS) is 18.4. The van der Waals surface area contributed by atoms with Gasteiger partial charge in [-0.25, -0.2) is 4.79 Å². The van der Waals surface area contributed by atoms with E-state index in [1.807, 2.05) is 6.07 Å². The van der Waals surface area contributed by atoms with Gasteiger partial charge in [-0.1, -0.05) is 11.6 Å². The Hall–Kier alpha value is -1.06. The Morgan fingerprint density at radius 2 is 2.29 bits per heavy atom. The molecule has 2 N–H and O–H groups in total. The maximum atomic E-state index is 12.3. The highest BCUT2D eigenvalue weighted by Gasteiger charge is 2.29. The Kier molecular flexibility index (Phi) is 5.65. The largest absolute Gasteiger partial charge is 0.481 e. The lowest BCUT2D eigenvalue weighted by Crippen LogP contribution is -2.51. The molecular weight excluding hydrogens is 411 g/mol. The van der Waals surface area contributed by atoms with Crippen LogP contribution < -0.4 is 5.32 Å². The second kappa shape index (κ2) is 7.28. The number of amides is 2.